The Hall–Kier alpha value is -0.820. The highest BCUT2D eigenvalue weighted by molar-refractivity contribution is 5.37. The van der Waals surface area contributed by atoms with Gasteiger partial charge in [-0.15, -0.1) is 0 Å². The van der Waals surface area contributed by atoms with Crippen LogP contribution in [0.2, 0.25) is 0 Å². The Kier molecular flexibility index (Phi) is 2.08. The molecule has 2 aliphatic carbocycles. The van der Waals surface area contributed by atoms with Crippen LogP contribution in [0.5, 0.6) is 0 Å². The van der Waals surface area contributed by atoms with Crippen LogP contribution < -0.4 is 5.73 Å². The molecule has 0 aromatic heterocycles. The molecule has 1 aromatic carbocycles. The number of benzene rings is 1. The van der Waals surface area contributed by atoms with E-state index in [1.807, 2.05) is 0 Å². The standard InChI is InChI=1S/C16H23N/c1-14(2)15(3)9-10-16(14,11-13(15)17)12-7-5-4-6-8-12/h4-8,13H,9-11,17H2,1-3H3/t13-,15-,16+/m1/s1. The van der Waals surface area contributed by atoms with Crippen molar-refractivity contribution >= 4 is 0 Å². The highest BCUT2D eigenvalue weighted by Gasteiger charge is 2.68. The van der Waals surface area contributed by atoms with E-state index in [1.165, 1.54) is 18.4 Å². The van der Waals surface area contributed by atoms with Gasteiger partial charge in [0.2, 0.25) is 0 Å². The van der Waals surface area contributed by atoms with Gasteiger partial charge in [-0.25, -0.2) is 0 Å². The fraction of sp³-hybridized carbons (Fsp3) is 0.625. The lowest BCUT2D eigenvalue weighted by molar-refractivity contribution is 0.123. The molecule has 2 aliphatic rings. The predicted octanol–water partition coefficient (Wildman–Crippen LogP) is 3.48. The first-order chi connectivity index (χ1) is 7.94. The van der Waals surface area contributed by atoms with E-state index in [2.05, 4.69) is 51.1 Å². The van der Waals surface area contributed by atoms with E-state index < -0.39 is 0 Å². The molecule has 3 rings (SSSR count). The minimum atomic E-state index is 0.306. The fourth-order valence-electron chi connectivity index (χ4n) is 4.63. The zero-order valence-electron chi connectivity index (χ0n) is 11.2. The van der Waals surface area contributed by atoms with Crippen molar-refractivity contribution < 1.29 is 0 Å². The third kappa shape index (κ3) is 1.09. The van der Waals surface area contributed by atoms with Gasteiger partial charge in [0.25, 0.3) is 0 Å². The Morgan fingerprint density at radius 1 is 1.06 bits per heavy atom. The maximum absolute atomic E-state index is 6.45. The zero-order valence-corrected chi connectivity index (χ0v) is 11.2. The summed E-state index contributed by atoms with van der Waals surface area (Å²) in [6.45, 7) is 7.26. The van der Waals surface area contributed by atoms with Crippen molar-refractivity contribution in [2.45, 2.75) is 51.5 Å². The van der Waals surface area contributed by atoms with E-state index in [4.69, 9.17) is 5.73 Å². The van der Waals surface area contributed by atoms with Crippen LogP contribution in [0.15, 0.2) is 30.3 Å². The highest BCUT2D eigenvalue weighted by atomic mass is 14.8. The van der Waals surface area contributed by atoms with Gasteiger partial charge < -0.3 is 5.73 Å². The molecule has 17 heavy (non-hydrogen) atoms. The van der Waals surface area contributed by atoms with E-state index in [0.29, 0.717) is 22.3 Å². The Bertz CT molecular complexity index is 436. The monoisotopic (exact) mass is 229 g/mol. The number of rotatable bonds is 1. The molecule has 0 aliphatic heterocycles. The number of hydrogen-bond donors (Lipinski definition) is 1. The molecule has 1 aromatic rings. The van der Waals surface area contributed by atoms with E-state index in [1.54, 1.807) is 0 Å². The summed E-state index contributed by atoms with van der Waals surface area (Å²) in [7, 11) is 0. The van der Waals surface area contributed by atoms with Gasteiger partial charge in [-0.2, -0.15) is 0 Å². The smallest absolute Gasteiger partial charge is 0.0107 e. The quantitative estimate of drug-likeness (QED) is 0.784. The normalized spacial score (nSPS) is 42.9. The van der Waals surface area contributed by atoms with Crippen LogP contribution in [-0.4, -0.2) is 6.04 Å². The summed E-state index contributed by atoms with van der Waals surface area (Å²) in [6, 6.07) is 11.4. The van der Waals surface area contributed by atoms with Gasteiger partial charge in [0.15, 0.2) is 0 Å². The molecule has 1 nitrogen and oxygen atoms in total. The second-order valence-corrected chi connectivity index (χ2v) is 6.80. The van der Waals surface area contributed by atoms with Crippen molar-refractivity contribution in [1.29, 1.82) is 0 Å². The first kappa shape index (κ1) is 11.3. The molecular weight excluding hydrogens is 206 g/mol. The van der Waals surface area contributed by atoms with Gasteiger partial charge in [-0.3, -0.25) is 0 Å². The third-order valence-corrected chi connectivity index (χ3v) is 6.41. The summed E-state index contributed by atoms with van der Waals surface area (Å²) in [5.74, 6) is 0. The lowest BCUT2D eigenvalue weighted by Gasteiger charge is -2.42. The molecule has 0 heterocycles. The first-order valence-corrected chi connectivity index (χ1v) is 6.75. The SMILES string of the molecule is CC1(C)[C@@]2(c3ccccc3)CC[C@]1(C)[C@H](N)C2. The first-order valence-electron chi connectivity index (χ1n) is 6.75. The largest absolute Gasteiger partial charge is 0.327 e. The minimum absolute atomic E-state index is 0.306. The second kappa shape index (κ2) is 3.14. The van der Waals surface area contributed by atoms with Crippen LogP contribution in [0.1, 0.15) is 45.6 Å². The summed E-state index contributed by atoms with van der Waals surface area (Å²) in [5.41, 5.74) is 8.88. The summed E-state index contributed by atoms with van der Waals surface area (Å²) < 4.78 is 0. The molecule has 92 valence electrons. The van der Waals surface area contributed by atoms with Crippen LogP contribution in [-0.2, 0) is 5.41 Å². The topological polar surface area (TPSA) is 26.0 Å². The maximum atomic E-state index is 6.45. The Morgan fingerprint density at radius 3 is 2.18 bits per heavy atom. The molecule has 2 saturated carbocycles. The van der Waals surface area contributed by atoms with Crippen molar-refractivity contribution in [2.24, 2.45) is 16.6 Å². The Morgan fingerprint density at radius 2 is 1.71 bits per heavy atom. The number of nitrogens with two attached hydrogens (primary N) is 1. The van der Waals surface area contributed by atoms with Crippen molar-refractivity contribution in [3.05, 3.63) is 35.9 Å². The Labute approximate surface area is 104 Å². The summed E-state index contributed by atoms with van der Waals surface area (Å²) in [6.07, 6.45) is 3.73. The lowest BCUT2D eigenvalue weighted by Crippen LogP contribution is -2.41. The van der Waals surface area contributed by atoms with Crippen molar-refractivity contribution in [2.75, 3.05) is 0 Å². The van der Waals surface area contributed by atoms with Crippen LogP contribution in [0.3, 0.4) is 0 Å². The number of fused-ring (bicyclic) bond motifs is 2. The van der Waals surface area contributed by atoms with Crippen molar-refractivity contribution in [1.82, 2.24) is 0 Å². The molecule has 0 unspecified atom stereocenters. The molecule has 2 fully saturated rings. The van der Waals surface area contributed by atoms with Gasteiger partial charge >= 0.3 is 0 Å². The lowest BCUT2D eigenvalue weighted by atomic mass is 9.62. The number of hydrogen-bond acceptors (Lipinski definition) is 1. The molecule has 2 bridgehead atoms. The van der Waals surface area contributed by atoms with E-state index in [0.717, 1.165) is 6.42 Å². The van der Waals surface area contributed by atoms with E-state index >= 15 is 0 Å². The van der Waals surface area contributed by atoms with Crippen LogP contribution in [0, 0.1) is 10.8 Å². The molecule has 0 spiro atoms. The molecule has 0 saturated heterocycles. The van der Waals surface area contributed by atoms with Crippen molar-refractivity contribution in [3.8, 4) is 0 Å². The zero-order chi connectivity index (χ0) is 12.3. The van der Waals surface area contributed by atoms with E-state index in [-0.39, 0.29) is 0 Å². The minimum Gasteiger partial charge on any atom is -0.327 e. The Balaban J connectivity index is 2.17. The van der Waals surface area contributed by atoms with Gasteiger partial charge in [-0.1, -0.05) is 51.1 Å². The summed E-state index contributed by atoms with van der Waals surface area (Å²) in [4.78, 5) is 0. The third-order valence-electron chi connectivity index (χ3n) is 6.41. The molecule has 3 atom stereocenters. The van der Waals surface area contributed by atoms with Gasteiger partial charge in [0, 0.05) is 11.5 Å². The van der Waals surface area contributed by atoms with Crippen LogP contribution >= 0.6 is 0 Å². The average Bonchev–Trinajstić information content (AvgIpc) is 2.61. The second-order valence-electron chi connectivity index (χ2n) is 6.80. The molecule has 1 heteroatoms. The van der Waals surface area contributed by atoms with Crippen LogP contribution in [0.4, 0.5) is 0 Å². The average molecular weight is 229 g/mol. The summed E-state index contributed by atoms with van der Waals surface area (Å²) in [5, 5.41) is 0. The van der Waals surface area contributed by atoms with Crippen molar-refractivity contribution in [3.63, 3.8) is 0 Å². The molecular formula is C16H23N. The highest BCUT2D eigenvalue weighted by Crippen LogP contribution is 2.71. The molecule has 0 amide bonds. The molecule has 0 radical (unpaired) electrons. The van der Waals surface area contributed by atoms with Gasteiger partial charge in [0.1, 0.15) is 0 Å². The van der Waals surface area contributed by atoms with Crippen LogP contribution in [0.25, 0.3) is 0 Å². The van der Waals surface area contributed by atoms with Gasteiger partial charge in [0.05, 0.1) is 0 Å². The van der Waals surface area contributed by atoms with E-state index in [9.17, 15) is 0 Å². The fourth-order valence-corrected chi connectivity index (χ4v) is 4.63. The molecule has 2 N–H and O–H groups in total. The summed E-state index contributed by atoms with van der Waals surface area (Å²) >= 11 is 0. The predicted molar refractivity (Wildman–Crippen MR) is 71.8 cm³/mol. The van der Waals surface area contributed by atoms with Gasteiger partial charge in [-0.05, 0) is 35.7 Å². The maximum Gasteiger partial charge on any atom is 0.0107 e.